The molecule has 146 valence electrons. The van der Waals surface area contributed by atoms with Gasteiger partial charge in [0.05, 0.1) is 0 Å². The topological polar surface area (TPSA) is 78.1 Å². The summed E-state index contributed by atoms with van der Waals surface area (Å²) in [7, 11) is 0. The van der Waals surface area contributed by atoms with Crippen LogP contribution in [0.4, 0.5) is 13.6 Å². The zero-order valence-electron chi connectivity index (χ0n) is 14.7. The summed E-state index contributed by atoms with van der Waals surface area (Å²) in [5.74, 6) is 1.08. The summed E-state index contributed by atoms with van der Waals surface area (Å²) in [6.07, 6.45) is -1.45. The molecule has 3 rings (SSSR count). The molecule has 6 nitrogen and oxygen atoms in total. The van der Waals surface area contributed by atoms with Crippen LogP contribution in [0.2, 0.25) is 0 Å². The van der Waals surface area contributed by atoms with Gasteiger partial charge in [0.1, 0.15) is 23.9 Å². The Balaban J connectivity index is 1.62. The van der Waals surface area contributed by atoms with Crippen LogP contribution >= 0.6 is 0 Å². The van der Waals surface area contributed by atoms with Crippen molar-refractivity contribution in [3.8, 4) is 28.6 Å². The summed E-state index contributed by atoms with van der Waals surface area (Å²) in [6, 6.07) is 15.0. The summed E-state index contributed by atoms with van der Waals surface area (Å²) in [6.45, 7) is -0.997. The van der Waals surface area contributed by atoms with E-state index in [0.717, 1.165) is 11.1 Å². The van der Waals surface area contributed by atoms with E-state index in [1.165, 1.54) is 18.2 Å². The normalized spacial score (nSPS) is 10.7. The highest BCUT2D eigenvalue weighted by molar-refractivity contribution is 5.65. The maximum atomic E-state index is 12.2. The van der Waals surface area contributed by atoms with E-state index in [1.54, 1.807) is 31.2 Å². The van der Waals surface area contributed by atoms with E-state index in [1.807, 2.05) is 12.1 Å². The third-order valence-corrected chi connectivity index (χ3v) is 3.85. The van der Waals surface area contributed by atoms with Gasteiger partial charge in [0.2, 0.25) is 0 Å². The first-order chi connectivity index (χ1) is 13.4. The van der Waals surface area contributed by atoms with E-state index in [2.05, 4.69) is 9.47 Å². The molecule has 0 amide bonds. The molecule has 0 aliphatic heterocycles. The Labute approximate surface area is 158 Å². The van der Waals surface area contributed by atoms with Crippen molar-refractivity contribution in [1.29, 1.82) is 0 Å². The smallest absolute Gasteiger partial charge is 0.489 e. The molecular formula is C20H16F2O6. The predicted octanol–water partition coefficient (Wildman–Crippen LogP) is 5.49. The van der Waals surface area contributed by atoms with Gasteiger partial charge in [0.25, 0.3) is 5.95 Å². The third-order valence-electron chi connectivity index (χ3n) is 3.85. The summed E-state index contributed by atoms with van der Waals surface area (Å²) < 4.78 is 44.0. The van der Waals surface area contributed by atoms with Gasteiger partial charge >= 0.3 is 12.8 Å². The van der Waals surface area contributed by atoms with Gasteiger partial charge in [-0.3, -0.25) is 0 Å². The van der Waals surface area contributed by atoms with Gasteiger partial charge in [0.15, 0.2) is 0 Å². The Morgan fingerprint density at radius 1 is 1.04 bits per heavy atom. The molecule has 0 radical (unpaired) electrons. The Morgan fingerprint density at radius 2 is 1.61 bits per heavy atom. The molecule has 28 heavy (non-hydrogen) atoms. The van der Waals surface area contributed by atoms with Crippen molar-refractivity contribution < 1.29 is 37.3 Å². The number of furan rings is 1. The van der Waals surface area contributed by atoms with Crippen molar-refractivity contribution in [2.45, 2.75) is 20.1 Å². The van der Waals surface area contributed by atoms with Gasteiger partial charge in [0, 0.05) is 11.6 Å². The Bertz CT molecular complexity index is 932. The molecule has 2 aromatic carbocycles. The zero-order chi connectivity index (χ0) is 20.1. The average molecular weight is 390 g/mol. The highest BCUT2D eigenvalue weighted by Crippen LogP contribution is 2.27. The zero-order valence-corrected chi connectivity index (χ0v) is 14.7. The Hall–Kier alpha value is -3.55. The molecule has 1 aromatic heterocycles. The summed E-state index contributed by atoms with van der Waals surface area (Å²) in [5, 5.41) is 8.59. The highest BCUT2D eigenvalue weighted by atomic mass is 19.3. The number of rotatable bonds is 7. The molecule has 3 aromatic rings. The van der Waals surface area contributed by atoms with E-state index in [9.17, 15) is 13.6 Å². The Kier molecular flexibility index (Phi) is 5.78. The van der Waals surface area contributed by atoms with E-state index >= 15 is 0 Å². The number of halogens is 2. The fraction of sp³-hybridized carbons (Fsp3) is 0.150. The second-order valence-corrected chi connectivity index (χ2v) is 5.73. The van der Waals surface area contributed by atoms with E-state index in [4.69, 9.17) is 14.3 Å². The van der Waals surface area contributed by atoms with Crippen LogP contribution in [0.3, 0.4) is 0 Å². The van der Waals surface area contributed by atoms with Crippen LogP contribution in [-0.2, 0) is 6.61 Å². The molecule has 0 aliphatic rings. The van der Waals surface area contributed by atoms with Crippen molar-refractivity contribution in [2.24, 2.45) is 0 Å². The first kappa shape index (κ1) is 19.2. The molecule has 0 atom stereocenters. The minimum absolute atomic E-state index is 0.0976. The van der Waals surface area contributed by atoms with Crippen molar-refractivity contribution in [3.63, 3.8) is 0 Å². The lowest BCUT2D eigenvalue weighted by atomic mass is 10.1. The number of hydrogen-bond donors (Lipinski definition) is 1. The lowest BCUT2D eigenvalue weighted by Gasteiger charge is -2.08. The molecule has 0 saturated carbocycles. The number of hydrogen-bond acceptors (Lipinski definition) is 5. The lowest BCUT2D eigenvalue weighted by molar-refractivity contribution is -0.0498. The summed E-state index contributed by atoms with van der Waals surface area (Å²) in [4.78, 5) is 10.5. The molecule has 1 N–H and O–H groups in total. The fourth-order valence-electron chi connectivity index (χ4n) is 2.50. The molecule has 0 spiro atoms. The SMILES string of the molecule is Cc1oc(OC(=O)O)cc1COc1ccc(-c2ccc(OC(F)F)cc2)cc1. The van der Waals surface area contributed by atoms with Crippen LogP contribution in [0.5, 0.6) is 17.4 Å². The van der Waals surface area contributed by atoms with Crippen molar-refractivity contribution >= 4 is 6.16 Å². The molecule has 0 bridgehead atoms. The molecule has 8 heteroatoms. The van der Waals surface area contributed by atoms with Crippen LogP contribution < -0.4 is 14.2 Å². The monoisotopic (exact) mass is 390 g/mol. The lowest BCUT2D eigenvalue weighted by Crippen LogP contribution is -2.01. The van der Waals surface area contributed by atoms with E-state index in [0.29, 0.717) is 17.1 Å². The largest absolute Gasteiger partial charge is 0.513 e. The summed E-state index contributed by atoms with van der Waals surface area (Å²) in [5.41, 5.74) is 2.39. The highest BCUT2D eigenvalue weighted by Gasteiger charge is 2.12. The number of aryl methyl sites for hydroxylation is 1. The van der Waals surface area contributed by atoms with Gasteiger partial charge in [-0.25, -0.2) is 4.79 Å². The van der Waals surface area contributed by atoms with Crippen LogP contribution in [0, 0.1) is 6.92 Å². The maximum Gasteiger partial charge on any atom is 0.513 e. The number of ether oxygens (including phenoxy) is 3. The van der Waals surface area contributed by atoms with Crippen LogP contribution in [-0.4, -0.2) is 17.9 Å². The molecule has 0 fully saturated rings. The maximum absolute atomic E-state index is 12.2. The number of carboxylic acid groups (broad SMARTS) is 1. The van der Waals surface area contributed by atoms with Gasteiger partial charge in [-0.15, -0.1) is 0 Å². The van der Waals surface area contributed by atoms with Crippen molar-refractivity contribution in [1.82, 2.24) is 0 Å². The van der Waals surface area contributed by atoms with Gasteiger partial charge in [-0.2, -0.15) is 8.78 Å². The minimum Gasteiger partial charge on any atom is -0.489 e. The van der Waals surface area contributed by atoms with Gasteiger partial charge in [-0.05, 0) is 42.3 Å². The number of alkyl halides is 2. The molecular weight excluding hydrogens is 374 g/mol. The molecule has 0 saturated heterocycles. The van der Waals surface area contributed by atoms with E-state index in [-0.39, 0.29) is 18.3 Å². The minimum atomic E-state index is -2.85. The van der Waals surface area contributed by atoms with Crippen molar-refractivity contribution in [2.75, 3.05) is 0 Å². The second kappa shape index (κ2) is 8.43. The molecule has 0 unspecified atom stereocenters. The van der Waals surface area contributed by atoms with Crippen LogP contribution in [0.25, 0.3) is 11.1 Å². The number of carbonyl (C=O) groups is 1. The van der Waals surface area contributed by atoms with Gasteiger partial charge in [-0.1, -0.05) is 24.3 Å². The number of benzene rings is 2. The van der Waals surface area contributed by atoms with Gasteiger partial charge < -0.3 is 23.7 Å². The first-order valence-electron chi connectivity index (χ1n) is 8.19. The summed E-state index contributed by atoms with van der Waals surface area (Å²) >= 11 is 0. The second-order valence-electron chi connectivity index (χ2n) is 5.73. The quantitative estimate of drug-likeness (QED) is 0.537. The third kappa shape index (κ3) is 5.00. The van der Waals surface area contributed by atoms with Crippen LogP contribution in [0.1, 0.15) is 11.3 Å². The molecule has 1 heterocycles. The predicted molar refractivity (Wildman–Crippen MR) is 94.9 cm³/mol. The average Bonchev–Trinajstić information content (AvgIpc) is 2.99. The standard InChI is InChI=1S/C20H16F2O6/c1-12-15(10-18(26-12)28-20(23)24)11-25-16-6-2-13(3-7-16)14-4-8-17(9-5-14)27-19(21)22/h2-10,19H,11H2,1H3,(H,23,24). The van der Waals surface area contributed by atoms with Crippen molar-refractivity contribution in [3.05, 3.63) is 65.9 Å². The molecule has 0 aliphatic carbocycles. The van der Waals surface area contributed by atoms with Crippen LogP contribution in [0.15, 0.2) is 59.0 Å². The first-order valence-corrected chi connectivity index (χ1v) is 8.19. The Morgan fingerprint density at radius 3 is 2.14 bits per heavy atom. The van der Waals surface area contributed by atoms with E-state index < -0.39 is 12.8 Å². The fourth-order valence-corrected chi connectivity index (χ4v) is 2.50.